The number of hydrogen-bond acceptors (Lipinski definition) is 7. The van der Waals surface area contributed by atoms with Crippen LogP contribution in [0.4, 0.5) is 11.6 Å². The SMILES string of the molecule is CCOCc1nc(NN)cc(N(CCO)C2CC2)n1. The standard InChI is InChI=1S/C12H21N5O2/c1-2-19-8-11-14-10(16-13)7-12(15-11)17(5-6-18)9-3-4-9/h7,9,18H,2-6,8,13H2,1H3,(H,14,15,16). The number of hydrogen-bond donors (Lipinski definition) is 3. The second kappa shape index (κ2) is 6.65. The van der Waals surface area contributed by atoms with Crippen LogP contribution in [0.25, 0.3) is 0 Å². The molecule has 0 radical (unpaired) electrons. The topological polar surface area (TPSA) is 96.5 Å². The van der Waals surface area contributed by atoms with E-state index in [1.807, 2.05) is 6.92 Å². The molecule has 0 aliphatic heterocycles. The highest BCUT2D eigenvalue weighted by molar-refractivity contribution is 5.50. The third kappa shape index (κ3) is 3.76. The lowest BCUT2D eigenvalue weighted by Gasteiger charge is -2.23. The predicted molar refractivity (Wildman–Crippen MR) is 72.6 cm³/mol. The summed E-state index contributed by atoms with van der Waals surface area (Å²) in [6.07, 6.45) is 2.27. The Labute approximate surface area is 112 Å². The summed E-state index contributed by atoms with van der Waals surface area (Å²) in [6.45, 7) is 3.57. The van der Waals surface area contributed by atoms with Crippen LogP contribution in [-0.2, 0) is 11.3 Å². The van der Waals surface area contributed by atoms with Gasteiger partial charge in [0, 0.05) is 25.3 Å². The van der Waals surface area contributed by atoms with E-state index in [1.165, 1.54) is 0 Å². The van der Waals surface area contributed by atoms with Crippen LogP contribution in [0.1, 0.15) is 25.6 Å². The molecule has 0 amide bonds. The molecule has 0 spiro atoms. The van der Waals surface area contributed by atoms with Crippen molar-refractivity contribution in [2.24, 2.45) is 5.84 Å². The zero-order valence-electron chi connectivity index (χ0n) is 11.2. The molecule has 2 rings (SSSR count). The third-order valence-electron chi connectivity index (χ3n) is 2.96. The van der Waals surface area contributed by atoms with Crippen molar-refractivity contribution in [1.82, 2.24) is 9.97 Å². The molecule has 19 heavy (non-hydrogen) atoms. The maximum atomic E-state index is 9.16. The summed E-state index contributed by atoms with van der Waals surface area (Å²) in [5.74, 6) is 7.37. The Morgan fingerprint density at radius 3 is 2.89 bits per heavy atom. The molecule has 1 aromatic heterocycles. The van der Waals surface area contributed by atoms with E-state index in [9.17, 15) is 0 Å². The van der Waals surface area contributed by atoms with Crippen LogP contribution in [0.15, 0.2) is 6.07 Å². The van der Waals surface area contributed by atoms with Gasteiger partial charge in [-0.3, -0.25) is 0 Å². The Hall–Kier alpha value is -1.44. The Bertz CT molecular complexity index is 411. The van der Waals surface area contributed by atoms with Crippen LogP contribution in [0.5, 0.6) is 0 Å². The van der Waals surface area contributed by atoms with Crippen LogP contribution in [0, 0.1) is 0 Å². The van der Waals surface area contributed by atoms with Gasteiger partial charge in [0.2, 0.25) is 0 Å². The number of rotatable bonds is 8. The Kier molecular flexibility index (Phi) is 4.89. The average molecular weight is 267 g/mol. The van der Waals surface area contributed by atoms with Crippen molar-refractivity contribution >= 4 is 11.6 Å². The Morgan fingerprint density at radius 1 is 1.53 bits per heavy atom. The van der Waals surface area contributed by atoms with Crippen molar-refractivity contribution in [3.63, 3.8) is 0 Å². The number of aliphatic hydroxyl groups is 1. The number of nitrogens with two attached hydrogens (primary N) is 1. The molecule has 0 bridgehead atoms. The van der Waals surface area contributed by atoms with E-state index < -0.39 is 0 Å². The van der Waals surface area contributed by atoms with E-state index in [-0.39, 0.29) is 6.61 Å². The minimum absolute atomic E-state index is 0.104. The number of hydrazine groups is 1. The molecule has 1 fully saturated rings. The number of aromatic nitrogens is 2. The lowest BCUT2D eigenvalue weighted by atomic mass is 10.4. The van der Waals surface area contributed by atoms with Crippen LogP contribution in [0.3, 0.4) is 0 Å². The van der Waals surface area contributed by atoms with Crippen molar-refractivity contribution in [2.75, 3.05) is 30.1 Å². The Morgan fingerprint density at radius 2 is 2.32 bits per heavy atom. The molecular formula is C12H21N5O2. The third-order valence-corrected chi connectivity index (χ3v) is 2.96. The molecule has 7 heteroatoms. The van der Waals surface area contributed by atoms with E-state index in [4.69, 9.17) is 15.7 Å². The highest BCUT2D eigenvalue weighted by atomic mass is 16.5. The van der Waals surface area contributed by atoms with Crippen LogP contribution >= 0.6 is 0 Å². The van der Waals surface area contributed by atoms with E-state index in [0.29, 0.717) is 37.4 Å². The highest BCUT2D eigenvalue weighted by Gasteiger charge is 2.30. The lowest BCUT2D eigenvalue weighted by molar-refractivity contribution is 0.128. The van der Waals surface area contributed by atoms with E-state index in [2.05, 4.69) is 20.3 Å². The highest BCUT2D eigenvalue weighted by Crippen LogP contribution is 2.31. The molecule has 1 aliphatic rings. The number of anilines is 2. The van der Waals surface area contributed by atoms with E-state index in [1.54, 1.807) is 6.07 Å². The summed E-state index contributed by atoms with van der Waals surface area (Å²) in [4.78, 5) is 10.8. The maximum Gasteiger partial charge on any atom is 0.158 e. The van der Waals surface area contributed by atoms with Crippen LogP contribution in [-0.4, -0.2) is 40.9 Å². The zero-order chi connectivity index (χ0) is 13.7. The van der Waals surface area contributed by atoms with Gasteiger partial charge in [-0.15, -0.1) is 0 Å². The van der Waals surface area contributed by atoms with E-state index in [0.717, 1.165) is 18.7 Å². The number of nitrogens with one attached hydrogen (secondary N) is 1. The van der Waals surface area contributed by atoms with Crippen molar-refractivity contribution in [3.05, 3.63) is 11.9 Å². The van der Waals surface area contributed by atoms with Crippen molar-refractivity contribution in [2.45, 2.75) is 32.4 Å². The quantitative estimate of drug-likeness (QED) is 0.459. The maximum absolute atomic E-state index is 9.16. The first-order valence-electron chi connectivity index (χ1n) is 6.58. The zero-order valence-corrected chi connectivity index (χ0v) is 11.2. The number of nitrogen functional groups attached to an aromatic ring is 1. The van der Waals surface area contributed by atoms with Gasteiger partial charge in [0.25, 0.3) is 0 Å². The van der Waals surface area contributed by atoms with Crippen molar-refractivity contribution in [1.29, 1.82) is 0 Å². The molecular weight excluding hydrogens is 246 g/mol. The van der Waals surface area contributed by atoms with Crippen molar-refractivity contribution < 1.29 is 9.84 Å². The van der Waals surface area contributed by atoms with Gasteiger partial charge < -0.3 is 20.2 Å². The predicted octanol–water partition coefficient (Wildman–Crippen LogP) is 0.260. The van der Waals surface area contributed by atoms with E-state index >= 15 is 0 Å². The summed E-state index contributed by atoms with van der Waals surface area (Å²) in [5.41, 5.74) is 2.54. The van der Waals surface area contributed by atoms with Crippen LogP contribution in [0.2, 0.25) is 0 Å². The summed E-state index contributed by atoms with van der Waals surface area (Å²) in [6, 6.07) is 2.26. The minimum Gasteiger partial charge on any atom is -0.395 e. The fourth-order valence-electron chi connectivity index (χ4n) is 1.94. The number of nitrogens with zero attached hydrogens (tertiary/aromatic N) is 3. The summed E-state index contributed by atoms with van der Waals surface area (Å²) in [7, 11) is 0. The molecule has 1 aromatic rings. The molecule has 7 nitrogen and oxygen atoms in total. The average Bonchev–Trinajstić information content (AvgIpc) is 3.26. The summed E-state index contributed by atoms with van der Waals surface area (Å²) in [5, 5.41) is 9.16. The smallest absolute Gasteiger partial charge is 0.158 e. The molecule has 0 unspecified atom stereocenters. The van der Waals surface area contributed by atoms with Crippen molar-refractivity contribution in [3.8, 4) is 0 Å². The van der Waals surface area contributed by atoms with Gasteiger partial charge in [-0.2, -0.15) is 0 Å². The van der Waals surface area contributed by atoms with Gasteiger partial charge in [-0.1, -0.05) is 0 Å². The first-order valence-corrected chi connectivity index (χ1v) is 6.58. The van der Waals surface area contributed by atoms with Gasteiger partial charge in [-0.05, 0) is 19.8 Å². The van der Waals surface area contributed by atoms with Gasteiger partial charge >= 0.3 is 0 Å². The monoisotopic (exact) mass is 267 g/mol. The molecule has 0 saturated heterocycles. The minimum atomic E-state index is 0.104. The summed E-state index contributed by atoms with van der Waals surface area (Å²) >= 11 is 0. The molecule has 1 saturated carbocycles. The van der Waals surface area contributed by atoms with Gasteiger partial charge in [0.15, 0.2) is 5.82 Å². The molecule has 0 atom stereocenters. The second-order valence-electron chi connectivity index (χ2n) is 4.46. The van der Waals surface area contributed by atoms with Crippen LogP contribution < -0.4 is 16.2 Å². The number of ether oxygens (including phenoxy) is 1. The number of aliphatic hydroxyl groups excluding tert-OH is 1. The largest absolute Gasteiger partial charge is 0.395 e. The molecule has 1 heterocycles. The molecule has 4 N–H and O–H groups in total. The summed E-state index contributed by atoms with van der Waals surface area (Å²) < 4.78 is 5.33. The normalized spacial score (nSPS) is 14.5. The fourth-order valence-corrected chi connectivity index (χ4v) is 1.94. The second-order valence-corrected chi connectivity index (χ2v) is 4.46. The van der Waals surface area contributed by atoms with Gasteiger partial charge in [-0.25, -0.2) is 15.8 Å². The first kappa shape index (κ1) is 14.0. The fraction of sp³-hybridized carbons (Fsp3) is 0.667. The van der Waals surface area contributed by atoms with Gasteiger partial charge in [0.05, 0.1) is 6.61 Å². The lowest BCUT2D eigenvalue weighted by Crippen LogP contribution is -2.30. The molecule has 106 valence electrons. The molecule has 1 aliphatic carbocycles. The molecule has 0 aromatic carbocycles. The van der Waals surface area contributed by atoms with Gasteiger partial charge in [0.1, 0.15) is 18.2 Å². The Balaban J connectivity index is 2.21. The first-order chi connectivity index (χ1) is 9.28.